The molecule has 1 aliphatic rings. The number of halogens is 3. The molecule has 0 N–H and O–H groups in total. The van der Waals surface area contributed by atoms with Crippen molar-refractivity contribution in [3.63, 3.8) is 0 Å². The third kappa shape index (κ3) is 3.53. The summed E-state index contributed by atoms with van der Waals surface area (Å²) >= 11 is 0. The Morgan fingerprint density at radius 1 is 1.15 bits per heavy atom. The summed E-state index contributed by atoms with van der Waals surface area (Å²) in [6, 6.07) is 10.9. The summed E-state index contributed by atoms with van der Waals surface area (Å²) in [6.45, 7) is 2.43. The number of fused-ring (bicyclic) bond motifs is 2. The third-order valence-corrected chi connectivity index (χ3v) is 5.95. The number of aryl methyl sites for hydroxylation is 2. The van der Waals surface area contributed by atoms with Gasteiger partial charge in [0.2, 0.25) is 0 Å². The van der Waals surface area contributed by atoms with Crippen LogP contribution in [0.15, 0.2) is 48.8 Å². The Bertz CT molecular complexity index is 1470. The molecule has 0 spiro atoms. The largest absolute Gasteiger partial charge is 0.416 e. The van der Waals surface area contributed by atoms with Gasteiger partial charge in [-0.3, -0.25) is 9.48 Å². The average Bonchev–Trinajstić information content (AvgIpc) is 3.22. The van der Waals surface area contributed by atoms with Crippen LogP contribution in [0, 0.1) is 18.3 Å². The molecule has 0 radical (unpaired) electrons. The Kier molecular flexibility index (Phi) is 4.74. The maximum atomic E-state index is 13.1. The van der Waals surface area contributed by atoms with E-state index in [2.05, 4.69) is 15.1 Å². The molecule has 0 bridgehead atoms. The van der Waals surface area contributed by atoms with Crippen LogP contribution in [0.25, 0.3) is 22.3 Å². The number of carbonyl (C=O) groups excluding carboxylic acids is 1. The summed E-state index contributed by atoms with van der Waals surface area (Å²) in [5, 5.41) is 13.7. The highest BCUT2D eigenvalue weighted by Gasteiger charge is 2.33. The zero-order valence-electron chi connectivity index (χ0n) is 17.4. The first-order valence-corrected chi connectivity index (χ1v) is 10.2. The summed E-state index contributed by atoms with van der Waals surface area (Å²) in [7, 11) is 0. The Labute approximate surface area is 186 Å². The number of nitrogens with zero attached hydrogens (tertiary/aromatic N) is 5. The molecular formula is C24H16F3N5O. The lowest BCUT2D eigenvalue weighted by Gasteiger charge is -2.24. The SMILES string of the molecule is Cc1cc(-c2ncc3cc(C(F)(F)F)ccc3n2)ccc1C1CCn2ncc(C#N)c2C1=O. The quantitative estimate of drug-likeness (QED) is 0.429. The molecular weight excluding hydrogens is 431 g/mol. The van der Waals surface area contributed by atoms with Crippen LogP contribution in [0.1, 0.15) is 45.1 Å². The Morgan fingerprint density at radius 3 is 2.70 bits per heavy atom. The van der Waals surface area contributed by atoms with Crippen molar-refractivity contribution >= 4 is 16.7 Å². The van der Waals surface area contributed by atoms with Crippen molar-refractivity contribution in [3.05, 3.63) is 76.7 Å². The lowest BCUT2D eigenvalue weighted by Crippen LogP contribution is -2.26. The zero-order valence-corrected chi connectivity index (χ0v) is 17.4. The maximum Gasteiger partial charge on any atom is 0.416 e. The van der Waals surface area contributed by atoms with Crippen LogP contribution in [-0.2, 0) is 12.7 Å². The van der Waals surface area contributed by atoms with E-state index in [0.717, 1.165) is 23.3 Å². The van der Waals surface area contributed by atoms with Crippen molar-refractivity contribution in [2.45, 2.75) is 32.0 Å². The molecule has 164 valence electrons. The fourth-order valence-electron chi connectivity index (χ4n) is 4.30. The second kappa shape index (κ2) is 7.52. The molecule has 0 fully saturated rings. The summed E-state index contributed by atoms with van der Waals surface area (Å²) in [5.74, 6) is -0.126. The number of ketones is 1. The number of hydrogen-bond donors (Lipinski definition) is 0. The summed E-state index contributed by atoms with van der Waals surface area (Å²) in [5.41, 5.74) is 2.71. The van der Waals surface area contributed by atoms with Gasteiger partial charge < -0.3 is 0 Å². The fraction of sp³-hybridized carbons (Fsp3) is 0.208. The first-order valence-electron chi connectivity index (χ1n) is 10.2. The van der Waals surface area contributed by atoms with Gasteiger partial charge >= 0.3 is 6.18 Å². The van der Waals surface area contributed by atoms with E-state index in [-0.39, 0.29) is 17.3 Å². The lowest BCUT2D eigenvalue weighted by atomic mass is 9.84. The number of Topliss-reactive ketones (excluding diaryl/α,β-unsaturated/α-hetero) is 1. The van der Waals surface area contributed by atoms with E-state index in [1.54, 1.807) is 10.7 Å². The molecule has 0 amide bonds. The predicted octanol–water partition coefficient (Wildman–Crippen LogP) is 5.06. The molecule has 0 aliphatic carbocycles. The van der Waals surface area contributed by atoms with E-state index < -0.39 is 11.7 Å². The molecule has 9 heteroatoms. The molecule has 33 heavy (non-hydrogen) atoms. The average molecular weight is 447 g/mol. The van der Waals surface area contributed by atoms with Gasteiger partial charge in [0.25, 0.3) is 0 Å². The molecule has 0 saturated heterocycles. The van der Waals surface area contributed by atoms with Crippen molar-refractivity contribution in [3.8, 4) is 17.5 Å². The van der Waals surface area contributed by atoms with Crippen LogP contribution in [0.3, 0.4) is 0 Å². The topological polar surface area (TPSA) is 84.5 Å². The highest BCUT2D eigenvalue weighted by molar-refractivity contribution is 6.02. The number of nitriles is 1. The van der Waals surface area contributed by atoms with E-state index in [4.69, 9.17) is 0 Å². The van der Waals surface area contributed by atoms with Crippen LogP contribution < -0.4 is 0 Å². The maximum absolute atomic E-state index is 13.1. The Balaban J connectivity index is 1.47. The second-order valence-electron chi connectivity index (χ2n) is 7.98. The van der Waals surface area contributed by atoms with Gasteiger partial charge in [-0.05, 0) is 48.7 Å². The van der Waals surface area contributed by atoms with Gasteiger partial charge in [-0.15, -0.1) is 0 Å². The standard InChI is InChI=1S/C24H16F3N5O/c1-13-8-14(23-29-11-15-9-17(24(25,26)27)3-5-20(15)31-23)2-4-18(13)19-6-7-32-21(22(19)33)16(10-28)12-30-32/h2-5,8-9,11-12,19H,6-7H2,1H3. The van der Waals surface area contributed by atoms with Crippen molar-refractivity contribution in [1.29, 1.82) is 5.26 Å². The number of benzene rings is 2. The van der Waals surface area contributed by atoms with E-state index in [9.17, 15) is 23.2 Å². The molecule has 3 heterocycles. The fourth-order valence-corrected chi connectivity index (χ4v) is 4.30. The number of carbonyl (C=O) groups is 1. The third-order valence-electron chi connectivity index (χ3n) is 5.95. The minimum Gasteiger partial charge on any atom is -0.292 e. The van der Waals surface area contributed by atoms with Gasteiger partial charge in [-0.1, -0.05) is 12.1 Å². The molecule has 4 aromatic rings. The minimum absolute atomic E-state index is 0.131. The molecule has 5 rings (SSSR count). The van der Waals surface area contributed by atoms with Gasteiger partial charge in [-0.25, -0.2) is 9.97 Å². The summed E-state index contributed by atoms with van der Waals surface area (Å²) < 4.78 is 40.4. The second-order valence-corrected chi connectivity index (χ2v) is 7.98. The van der Waals surface area contributed by atoms with Crippen LogP contribution in [0.2, 0.25) is 0 Å². The van der Waals surface area contributed by atoms with Crippen LogP contribution in [0.4, 0.5) is 13.2 Å². The smallest absolute Gasteiger partial charge is 0.292 e. The normalized spacial score (nSPS) is 16.0. The van der Waals surface area contributed by atoms with Crippen molar-refractivity contribution in [1.82, 2.24) is 19.7 Å². The minimum atomic E-state index is -4.43. The summed E-state index contributed by atoms with van der Waals surface area (Å²) in [6.07, 6.45) is -1.06. The van der Waals surface area contributed by atoms with Gasteiger partial charge in [0, 0.05) is 23.7 Å². The van der Waals surface area contributed by atoms with Crippen LogP contribution >= 0.6 is 0 Å². The Hall–Kier alpha value is -4.06. The molecule has 2 aromatic heterocycles. The molecule has 1 unspecified atom stereocenters. The van der Waals surface area contributed by atoms with Gasteiger partial charge in [-0.2, -0.15) is 23.5 Å². The number of hydrogen-bond acceptors (Lipinski definition) is 5. The molecule has 6 nitrogen and oxygen atoms in total. The zero-order chi connectivity index (χ0) is 23.3. The highest BCUT2D eigenvalue weighted by Crippen LogP contribution is 2.34. The molecule has 1 aliphatic heterocycles. The van der Waals surface area contributed by atoms with Crippen LogP contribution in [-0.4, -0.2) is 25.5 Å². The number of aromatic nitrogens is 4. The summed E-state index contributed by atoms with van der Waals surface area (Å²) in [4.78, 5) is 21.8. The van der Waals surface area contributed by atoms with E-state index in [0.29, 0.717) is 41.0 Å². The number of alkyl halides is 3. The number of rotatable bonds is 2. The predicted molar refractivity (Wildman–Crippen MR) is 113 cm³/mol. The first kappa shape index (κ1) is 20.8. The van der Waals surface area contributed by atoms with Crippen molar-refractivity contribution in [2.24, 2.45) is 0 Å². The monoisotopic (exact) mass is 447 g/mol. The van der Waals surface area contributed by atoms with E-state index >= 15 is 0 Å². The van der Waals surface area contributed by atoms with E-state index in [1.165, 1.54) is 18.5 Å². The van der Waals surface area contributed by atoms with Crippen LogP contribution in [0.5, 0.6) is 0 Å². The first-order chi connectivity index (χ1) is 15.8. The Morgan fingerprint density at radius 2 is 1.97 bits per heavy atom. The highest BCUT2D eigenvalue weighted by atomic mass is 19.4. The molecule has 2 aromatic carbocycles. The molecule has 0 saturated carbocycles. The van der Waals surface area contributed by atoms with Crippen molar-refractivity contribution in [2.75, 3.05) is 0 Å². The van der Waals surface area contributed by atoms with Gasteiger partial charge in [0.15, 0.2) is 11.6 Å². The lowest BCUT2D eigenvalue weighted by molar-refractivity contribution is -0.137. The van der Waals surface area contributed by atoms with Gasteiger partial charge in [0.1, 0.15) is 17.3 Å². The van der Waals surface area contributed by atoms with Gasteiger partial charge in [0.05, 0.1) is 23.2 Å². The van der Waals surface area contributed by atoms with Crippen molar-refractivity contribution < 1.29 is 18.0 Å². The molecule has 1 atom stereocenters. The van der Waals surface area contributed by atoms with E-state index in [1.807, 2.05) is 25.1 Å².